The van der Waals surface area contributed by atoms with Crippen LogP contribution in [-0.4, -0.2) is 24.7 Å². The van der Waals surface area contributed by atoms with Gasteiger partial charge in [-0.05, 0) is 25.5 Å². The van der Waals surface area contributed by atoms with Crippen LogP contribution in [0.1, 0.15) is 12.1 Å². The molecule has 2 heterocycles. The van der Waals surface area contributed by atoms with Crippen LogP contribution in [0.3, 0.4) is 0 Å². The van der Waals surface area contributed by atoms with Gasteiger partial charge in [0.2, 0.25) is 0 Å². The second kappa shape index (κ2) is 4.94. The van der Waals surface area contributed by atoms with Gasteiger partial charge in [-0.1, -0.05) is 18.2 Å². The minimum absolute atomic E-state index is 0.630. The van der Waals surface area contributed by atoms with Gasteiger partial charge >= 0.3 is 0 Å². The molecule has 3 heteroatoms. The number of nitrogens with one attached hydrogen (secondary N) is 1. The Bertz CT molecular complexity index is 547. The number of anilines is 1. The van der Waals surface area contributed by atoms with Crippen molar-refractivity contribution in [2.75, 3.05) is 25.1 Å². The third kappa shape index (κ3) is 2.31. The van der Waals surface area contributed by atoms with Gasteiger partial charge in [-0.3, -0.25) is 4.98 Å². The molecule has 3 rings (SSSR count). The average molecular weight is 242 g/mol. The second-order valence-corrected chi connectivity index (χ2v) is 4.94. The first kappa shape index (κ1) is 11.5. The van der Waals surface area contributed by atoms with Crippen LogP contribution in [-0.2, 0) is 4.74 Å². The fourth-order valence-corrected chi connectivity index (χ4v) is 2.39. The van der Waals surface area contributed by atoms with Crippen molar-refractivity contribution in [2.45, 2.75) is 13.3 Å². The maximum Gasteiger partial charge on any atom is 0.0936 e. The van der Waals surface area contributed by atoms with Gasteiger partial charge in [0.05, 0.1) is 17.8 Å². The summed E-state index contributed by atoms with van der Waals surface area (Å²) in [6.45, 7) is 4.78. The molecular weight excluding hydrogens is 224 g/mol. The number of para-hydroxylation sites is 1. The zero-order chi connectivity index (χ0) is 12.4. The lowest BCUT2D eigenvalue weighted by molar-refractivity contribution is 0.187. The molecule has 1 N–H and O–H groups in total. The van der Waals surface area contributed by atoms with Gasteiger partial charge in [-0.2, -0.15) is 0 Å². The smallest absolute Gasteiger partial charge is 0.0936 e. The van der Waals surface area contributed by atoms with Crippen molar-refractivity contribution in [3.05, 3.63) is 36.0 Å². The zero-order valence-corrected chi connectivity index (χ0v) is 10.6. The monoisotopic (exact) mass is 242 g/mol. The van der Waals surface area contributed by atoms with E-state index in [1.165, 1.54) is 5.39 Å². The van der Waals surface area contributed by atoms with Crippen molar-refractivity contribution in [2.24, 2.45) is 5.92 Å². The molecule has 1 fully saturated rings. The molecule has 1 saturated heterocycles. The Hall–Kier alpha value is -1.61. The number of aryl methyl sites for hydroxylation is 1. The molecule has 18 heavy (non-hydrogen) atoms. The predicted octanol–water partition coefficient (Wildman–Crippen LogP) is 2.99. The summed E-state index contributed by atoms with van der Waals surface area (Å²) in [6.07, 6.45) is 1.16. The fourth-order valence-electron chi connectivity index (χ4n) is 2.39. The van der Waals surface area contributed by atoms with E-state index < -0.39 is 0 Å². The lowest BCUT2D eigenvalue weighted by Gasteiger charge is -2.12. The number of nitrogens with zero attached hydrogens (tertiary/aromatic N) is 1. The Morgan fingerprint density at radius 3 is 3.11 bits per heavy atom. The van der Waals surface area contributed by atoms with E-state index in [0.717, 1.165) is 43.1 Å². The van der Waals surface area contributed by atoms with E-state index in [9.17, 15) is 0 Å². The van der Waals surface area contributed by atoms with E-state index in [1.54, 1.807) is 0 Å². The number of benzene rings is 1. The molecule has 3 nitrogen and oxygen atoms in total. The Morgan fingerprint density at radius 2 is 2.28 bits per heavy atom. The Balaban J connectivity index is 1.84. The highest BCUT2D eigenvalue weighted by Crippen LogP contribution is 2.22. The van der Waals surface area contributed by atoms with E-state index in [-0.39, 0.29) is 0 Å². The Morgan fingerprint density at radius 1 is 1.33 bits per heavy atom. The number of rotatable bonds is 3. The minimum atomic E-state index is 0.630. The van der Waals surface area contributed by atoms with Crippen LogP contribution in [0.25, 0.3) is 10.9 Å². The molecule has 0 aliphatic carbocycles. The summed E-state index contributed by atoms with van der Waals surface area (Å²) in [6, 6.07) is 10.5. The van der Waals surface area contributed by atoms with Crippen LogP contribution in [0.2, 0.25) is 0 Å². The molecule has 1 aliphatic rings. The molecule has 0 spiro atoms. The molecule has 1 aromatic heterocycles. The first-order valence-corrected chi connectivity index (χ1v) is 6.51. The first-order valence-electron chi connectivity index (χ1n) is 6.51. The number of ether oxygens (including phenoxy) is 1. The molecule has 2 aromatic rings. The predicted molar refractivity (Wildman–Crippen MR) is 73.9 cm³/mol. The van der Waals surface area contributed by atoms with Crippen molar-refractivity contribution in [1.29, 1.82) is 0 Å². The van der Waals surface area contributed by atoms with Gasteiger partial charge in [0.1, 0.15) is 0 Å². The zero-order valence-electron chi connectivity index (χ0n) is 10.6. The molecule has 0 saturated carbocycles. The van der Waals surface area contributed by atoms with Crippen LogP contribution in [0.15, 0.2) is 30.3 Å². The molecule has 1 atom stereocenters. The lowest BCUT2D eigenvalue weighted by Crippen LogP contribution is -2.14. The van der Waals surface area contributed by atoms with Gasteiger partial charge in [0.15, 0.2) is 0 Å². The number of hydrogen-bond donors (Lipinski definition) is 1. The third-order valence-corrected chi connectivity index (χ3v) is 3.46. The molecular formula is C15H18N2O. The highest BCUT2D eigenvalue weighted by molar-refractivity contribution is 5.90. The van der Waals surface area contributed by atoms with E-state index in [2.05, 4.69) is 40.6 Å². The van der Waals surface area contributed by atoms with E-state index in [0.29, 0.717) is 5.92 Å². The van der Waals surface area contributed by atoms with Crippen LogP contribution < -0.4 is 5.32 Å². The number of hydrogen-bond acceptors (Lipinski definition) is 3. The maximum atomic E-state index is 5.40. The summed E-state index contributed by atoms with van der Waals surface area (Å²) >= 11 is 0. The standard InChI is InChI=1S/C15H18N2O/c1-11-5-6-13-3-2-4-14(15(13)17-11)16-9-12-7-8-18-10-12/h2-6,12,16H,7-10H2,1H3. The quantitative estimate of drug-likeness (QED) is 0.898. The van der Waals surface area contributed by atoms with Gasteiger partial charge < -0.3 is 10.1 Å². The highest BCUT2D eigenvalue weighted by Gasteiger charge is 2.15. The summed E-state index contributed by atoms with van der Waals surface area (Å²) in [5.74, 6) is 0.630. The fraction of sp³-hybridized carbons (Fsp3) is 0.400. The highest BCUT2D eigenvalue weighted by atomic mass is 16.5. The third-order valence-electron chi connectivity index (χ3n) is 3.46. The second-order valence-electron chi connectivity index (χ2n) is 4.94. The Labute approximate surface area is 107 Å². The van der Waals surface area contributed by atoms with Crippen LogP contribution >= 0.6 is 0 Å². The molecule has 1 aromatic carbocycles. The molecule has 94 valence electrons. The average Bonchev–Trinajstić information content (AvgIpc) is 2.89. The molecule has 1 unspecified atom stereocenters. The molecule has 0 amide bonds. The SMILES string of the molecule is Cc1ccc2cccc(NCC3CCOC3)c2n1. The van der Waals surface area contributed by atoms with Crippen molar-refractivity contribution >= 4 is 16.6 Å². The van der Waals surface area contributed by atoms with Gasteiger partial charge in [-0.15, -0.1) is 0 Å². The number of fused-ring (bicyclic) bond motifs is 1. The van der Waals surface area contributed by atoms with E-state index in [4.69, 9.17) is 4.74 Å². The molecule has 1 aliphatic heterocycles. The summed E-state index contributed by atoms with van der Waals surface area (Å²) in [5.41, 5.74) is 3.25. The lowest BCUT2D eigenvalue weighted by atomic mass is 10.1. The summed E-state index contributed by atoms with van der Waals surface area (Å²) in [5, 5.41) is 4.70. The van der Waals surface area contributed by atoms with Gasteiger partial charge in [0.25, 0.3) is 0 Å². The van der Waals surface area contributed by atoms with Gasteiger partial charge in [-0.25, -0.2) is 0 Å². The number of aromatic nitrogens is 1. The van der Waals surface area contributed by atoms with Crippen LogP contribution in [0, 0.1) is 12.8 Å². The van der Waals surface area contributed by atoms with E-state index in [1.807, 2.05) is 6.92 Å². The minimum Gasteiger partial charge on any atom is -0.383 e. The number of pyridine rings is 1. The Kier molecular flexibility index (Phi) is 3.15. The maximum absolute atomic E-state index is 5.40. The molecule has 0 bridgehead atoms. The van der Waals surface area contributed by atoms with Crippen molar-refractivity contribution in [3.8, 4) is 0 Å². The summed E-state index contributed by atoms with van der Waals surface area (Å²) in [7, 11) is 0. The van der Waals surface area contributed by atoms with Crippen molar-refractivity contribution in [3.63, 3.8) is 0 Å². The van der Waals surface area contributed by atoms with Crippen LogP contribution in [0.4, 0.5) is 5.69 Å². The summed E-state index contributed by atoms with van der Waals surface area (Å²) < 4.78 is 5.40. The normalized spacial score (nSPS) is 19.3. The van der Waals surface area contributed by atoms with Crippen molar-refractivity contribution < 1.29 is 4.74 Å². The van der Waals surface area contributed by atoms with Gasteiger partial charge in [0, 0.05) is 30.1 Å². The first-order chi connectivity index (χ1) is 8.83. The molecule has 0 radical (unpaired) electrons. The largest absolute Gasteiger partial charge is 0.383 e. The summed E-state index contributed by atoms with van der Waals surface area (Å²) in [4.78, 5) is 4.63. The van der Waals surface area contributed by atoms with Crippen LogP contribution in [0.5, 0.6) is 0 Å². The van der Waals surface area contributed by atoms with Crippen molar-refractivity contribution in [1.82, 2.24) is 4.98 Å². The topological polar surface area (TPSA) is 34.1 Å². The van der Waals surface area contributed by atoms with E-state index >= 15 is 0 Å².